The highest BCUT2D eigenvalue weighted by Crippen LogP contribution is 2.33. The van der Waals surface area contributed by atoms with Crippen molar-refractivity contribution in [3.05, 3.63) is 0 Å². The van der Waals surface area contributed by atoms with Crippen LogP contribution in [0, 0.1) is 0 Å². The number of rotatable bonds is 10. The Kier molecular flexibility index (Phi) is 14.6. The van der Waals surface area contributed by atoms with Crippen LogP contribution in [0.4, 0.5) is 0 Å². The molecule has 0 aromatic rings. The van der Waals surface area contributed by atoms with Gasteiger partial charge in [-0.05, 0) is 51.4 Å². The van der Waals surface area contributed by atoms with Crippen LogP contribution in [0.1, 0.15) is 128 Å². The summed E-state index contributed by atoms with van der Waals surface area (Å²) in [4.78, 5) is 5.00. The van der Waals surface area contributed by atoms with Gasteiger partial charge < -0.3 is 20.4 Å². The Bertz CT molecular complexity index is 449. The predicted octanol–water partition coefficient (Wildman–Crippen LogP) is 4.61. The molecule has 0 aromatic carbocycles. The molecule has 36 heavy (non-hydrogen) atoms. The predicted molar refractivity (Wildman–Crippen MR) is 147 cm³/mol. The van der Waals surface area contributed by atoms with Crippen LogP contribution in [0.3, 0.4) is 0 Å². The SMILES string of the molecule is OCC(CO)N(C1CCCCC1)C1CCCCC1.OCC(CO)N(C1CCCCC1)C1CCCCC1. The van der Waals surface area contributed by atoms with Gasteiger partial charge in [0.15, 0.2) is 0 Å². The maximum absolute atomic E-state index is 9.56. The van der Waals surface area contributed by atoms with E-state index in [1.54, 1.807) is 0 Å². The molecule has 0 bridgehead atoms. The van der Waals surface area contributed by atoms with Crippen LogP contribution in [-0.4, -0.2) is 92.9 Å². The summed E-state index contributed by atoms with van der Waals surface area (Å²) in [6, 6.07) is 2.35. The second kappa shape index (κ2) is 17.4. The molecule has 0 aliphatic heterocycles. The van der Waals surface area contributed by atoms with Crippen molar-refractivity contribution in [1.29, 1.82) is 0 Å². The molecule has 4 rings (SSSR count). The minimum absolute atomic E-state index is 0.0313. The molecule has 6 nitrogen and oxygen atoms in total. The highest BCUT2D eigenvalue weighted by molar-refractivity contribution is 4.89. The van der Waals surface area contributed by atoms with E-state index in [0.29, 0.717) is 24.2 Å². The summed E-state index contributed by atoms with van der Waals surface area (Å²) in [5.41, 5.74) is 0. The van der Waals surface area contributed by atoms with Crippen LogP contribution in [0.15, 0.2) is 0 Å². The third-order valence-corrected chi connectivity index (χ3v) is 9.67. The van der Waals surface area contributed by atoms with Gasteiger partial charge in [0.2, 0.25) is 0 Å². The van der Waals surface area contributed by atoms with Gasteiger partial charge >= 0.3 is 0 Å². The maximum atomic E-state index is 9.56. The first-order chi connectivity index (χ1) is 17.7. The number of aliphatic hydroxyl groups is 4. The van der Waals surface area contributed by atoms with Crippen LogP contribution in [0.25, 0.3) is 0 Å². The molecular weight excluding hydrogens is 452 g/mol. The van der Waals surface area contributed by atoms with Crippen molar-refractivity contribution >= 4 is 0 Å². The van der Waals surface area contributed by atoms with Crippen molar-refractivity contribution in [2.24, 2.45) is 0 Å². The van der Waals surface area contributed by atoms with Gasteiger partial charge in [-0.3, -0.25) is 9.80 Å². The second-order valence-corrected chi connectivity index (χ2v) is 12.1. The molecule has 0 atom stereocenters. The Balaban J connectivity index is 0.000000201. The van der Waals surface area contributed by atoms with E-state index in [1.807, 2.05) is 0 Å². The van der Waals surface area contributed by atoms with Crippen molar-refractivity contribution < 1.29 is 20.4 Å². The van der Waals surface area contributed by atoms with Crippen LogP contribution < -0.4 is 0 Å². The molecule has 0 heterocycles. The summed E-state index contributed by atoms with van der Waals surface area (Å²) in [6.07, 6.45) is 26.0. The summed E-state index contributed by atoms with van der Waals surface area (Å²) in [6.45, 7) is 0.403. The summed E-state index contributed by atoms with van der Waals surface area (Å²) < 4.78 is 0. The monoisotopic (exact) mass is 510 g/mol. The molecule has 6 heteroatoms. The lowest BCUT2D eigenvalue weighted by atomic mass is 9.87. The molecule has 4 saturated carbocycles. The Morgan fingerprint density at radius 1 is 0.361 bits per heavy atom. The first kappa shape index (κ1) is 30.3. The van der Waals surface area contributed by atoms with E-state index in [-0.39, 0.29) is 38.5 Å². The zero-order valence-corrected chi connectivity index (χ0v) is 23.1. The van der Waals surface area contributed by atoms with E-state index in [2.05, 4.69) is 9.80 Å². The average Bonchev–Trinajstić information content (AvgIpc) is 2.96. The first-order valence-electron chi connectivity index (χ1n) is 15.7. The molecule has 4 fully saturated rings. The Hall–Kier alpha value is -0.240. The molecule has 0 saturated heterocycles. The van der Waals surface area contributed by atoms with Crippen molar-refractivity contribution in [3.63, 3.8) is 0 Å². The van der Waals surface area contributed by atoms with E-state index in [0.717, 1.165) is 0 Å². The van der Waals surface area contributed by atoms with Gasteiger partial charge in [-0.1, -0.05) is 77.0 Å². The van der Waals surface area contributed by atoms with Crippen LogP contribution in [-0.2, 0) is 0 Å². The number of hydrogen-bond donors (Lipinski definition) is 4. The number of hydrogen-bond acceptors (Lipinski definition) is 6. The van der Waals surface area contributed by atoms with Crippen molar-refractivity contribution in [3.8, 4) is 0 Å². The highest BCUT2D eigenvalue weighted by atomic mass is 16.3. The van der Waals surface area contributed by atoms with Crippen LogP contribution >= 0.6 is 0 Å². The van der Waals surface area contributed by atoms with Gasteiger partial charge in [0.1, 0.15) is 0 Å². The van der Waals surface area contributed by atoms with E-state index < -0.39 is 0 Å². The molecule has 212 valence electrons. The fraction of sp³-hybridized carbons (Fsp3) is 1.00. The first-order valence-corrected chi connectivity index (χ1v) is 15.7. The average molecular weight is 511 g/mol. The van der Waals surface area contributed by atoms with E-state index in [1.165, 1.54) is 128 Å². The summed E-state index contributed by atoms with van der Waals surface area (Å²) in [5.74, 6) is 0. The standard InChI is InChI=1S/2C15H29NO2/c2*17-11-15(12-18)16(13-7-3-1-4-8-13)14-9-5-2-6-10-14/h2*13-15,17-18H,1-12H2. The minimum Gasteiger partial charge on any atom is -0.395 e. The largest absolute Gasteiger partial charge is 0.395 e. The molecule has 0 aromatic heterocycles. The summed E-state index contributed by atoms with van der Waals surface area (Å²) in [7, 11) is 0. The minimum atomic E-state index is -0.0313. The molecular formula is C30H58N2O4. The van der Waals surface area contributed by atoms with Crippen LogP contribution in [0.5, 0.6) is 0 Å². The lowest BCUT2D eigenvalue weighted by Gasteiger charge is -2.45. The van der Waals surface area contributed by atoms with Gasteiger partial charge in [-0.15, -0.1) is 0 Å². The topological polar surface area (TPSA) is 87.4 Å². The lowest BCUT2D eigenvalue weighted by Crippen LogP contribution is -2.53. The number of nitrogens with zero attached hydrogens (tertiary/aromatic N) is 2. The van der Waals surface area contributed by atoms with E-state index >= 15 is 0 Å². The molecule has 0 spiro atoms. The maximum Gasteiger partial charge on any atom is 0.0609 e. The fourth-order valence-electron chi connectivity index (χ4n) is 7.80. The quantitative estimate of drug-likeness (QED) is 0.343. The van der Waals surface area contributed by atoms with Gasteiger partial charge in [0.25, 0.3) is 0 Å². The van der Waals surface area contributed by atoms with E-state index in [4.69, 9.17) is 0 Å². The highest BCUT2D eigenvalue weighted by Gasteiger charge is 2.34. The third-order valence-electron chi connectivity index (χ3n) is 9.67. The smallest absolute Gasteiger partial charge is 0.0609 e. The van der Waals surface area contributed by atoms with Crippen molar-refractivity contribution in [1.82, 2.24) is 9.80 Å². The fourth-order valence-corrected chi connectivity index (χ4v) is 7.80. The van der Waals surface area contributed by atoms with Gasteiger partial charge in [-0.2, -0.15) is 0 Å². The normalized spacial score (nSPS) is 24.0. The van der Waals surface area contributed by atoms with Crippen LogP contribution in [0.2, 0.25) is 0 Å². The number of aliphatic hydroxyl groups excluding tert-OH is 4. The molecule has 4 N–H and O–H groups in total. The van der Waals surface area contributed by atoms with Gasteiger partial charge in [-0.25, -0.2) is 0 Å². The Morgan fingerprint density at radius 2 is 0.556 bits per heavy atom. The second-order valence-electron chi connectivity index (χ2n) is 12.1. The molecule has 0 amide bonds. The zero-order valence-electron chi connectivity index (χ0n) is 23.1. The lowest BCUT2D eigenvalue weighted by molar-refractivity contribution is -0.0110. The molecule has 4 aliphatic carbocycles. The van der Waals surface area contributed by atoms with Crippen molar-refractivity contribution in [2.45, 2.75) is 165 Å². The van der Waals surface area contributed by atoms with Gasteiger partial charge in [0.05, 0.1) is 38.5 Å². The molecule has 0 radical (unpaired) electrons. The van der Waals surface area contributed by atoms with Crippen molar-refractivity contribution in [2.75, 3.05) is 26.4 Å². The molecule has 4 aliphatic rings. The summed E-state index contributed by atoms with van der Waals surface area (Å²) in [5, 5.41) is 38.2. The Morgan fingerprint density at radius 3 is 0.722 bits per heavy atom. The molecule has 0 unspecified atom stereocenters. The Labute approximate surface area is 221 Å². The zero-order chi connectivity index (χ0) is 25.6. The van der Waals surface area contributed by atoms with Gasteiger partial charge in [0, 0.05) is 24.2 Å². The third kappa shape index (κ3) is 8.91. The summed E-state index contributed by atoms with van der Waals surface area (Å²) >= 11 is 0. The van der Waals surface area contributed by atoms with E-state index in [9.17, 15) is 20.4 Å².